The summed E-state index contributed by atoms with van der Waals surface area (Å²) in [6.07, 6.45) is 1.96. The Bertz CT molecular complexity index is 617. The summed E-state index contributed by atoms with van der Waals surface area (Å²) in [4.78, 5) is 13.5. The fraction of sp³-hybridized carbons (Fsp3) is 0.429. The van der Waals surface area contributed by atoms with E-state index in [2.05, 4.69) is 10.00 Å². The fourth-order valence-electron chi connectivity index (χ4n) is 2.41. The van der Waals surface area contributed by atoms with E-state index in [1.54, 1.807) is 12.1 Å². The van der Waals surface area contributed by atoms with Crippen LogP contribution < -0.4 is 5.73 Å². The zero-order chi connectivity index (χ0) is 13.9. The van der Waals surface area contributed by atoms with Gasteiger partial charge in [0, 0.05) is 36.8 Å². The Kier molecular flexibility index (Phi) is 3.66. The molecule has 0 atom stereocenters. The molecule has 0 bridgehead atoms. The highest BCUT2D eigenvalue weighted by Crippen LogP contribution is 2.14. The second kappa shape index (κ2) is 5.60. The standard InChI is InChI=1S/C14H18N4O2/c15-14(19)11-1-2-13-12(9-11)10-18(16-13)4-3-17-5-7-20-8-6-17/h1-2,9-10H,3-8H2,(H2,15,19). The zero-order valence-electron chi connectivity index (χ0n) is 11.3. The molecule has 1 aromatic heterocycles. The molecule has 6 heteroatoms. The molecular weight excluding hydrogens is 256 g/mol. The van der Waals surface area contributed by atoms with Crippen molar-refractivity contribution in [2.75, 3.05) is 32.8 Å². The summed E-state index contributed by atoms with van der Waals surface area (Å²) in [5.41, 5.74) is 6.69. The first-order valence-corrected chi connectivity index (χ1v) is 6.79. The highest BCUT2D eigenvalue weighted by Gasteiger charge is 2.10. The van der Waals surface area contributed by atoms with E-state index in [0.717, 1.165) is 50.3 Å². The van der Waals surface area contributed by atoms with Gasteiger partial charge in [-0.1, -0.05) is 0 Å². The predicted octanol–water partition coefficient (Wildman–Crippen LogP) is 0.467. The topological polar surface area (TPSA) is 73.4 Å². The summed E-state index contributed by atoms with van der Waals surface area (Å²) in [6, 6.07) is 5.33. The van der Waals surface area contributed by atoms with Crippen LogP contribution >= 0.6 is 0 Å². The van der Waals surface area contributed by atoms with Crippen molar-refractivity contribution < 1.29 is 9.53 Å². The molecule has 0 unspecified atom stereocenters. The van der Waals surface area contributed by atoms with Crippen molar-refractivity contribution in [2.24, 2.45) is 5.73 Å². The Labute approximate surface area is 117 Å². The number of hydrogen-bond donors (Lipinski definition) is 1. The molecule has 0 aliphatic carbocycles. The molecule has 1 aromatic carbocycles. The Morgan fingerprint density at radius 2 is 2.10 bits per heavy atom. The molecule has 3 rings (SSSR count). The fourth-order valence-corrected chi connectivity index (χ4v) is 2.41. The van der Waals surface area contributed by atoms with E-state index in [0.29, 0.717) is 5.56 Å². The van der Waals surface area contributed by atoms with E-state index in [1.165, 1.54) is 0 Å². The normalized spacial score (nSPS) is 16.6. The van der Waals surface area contributed by atoms with Crippen molar-refractivity contribution in [2.45, 2.75) is 6.54 Å². The molecule has 106 valence electrons. The van der Waals surface area contributed by atoms with E-state index in [9.17, 15) is 4.79 Å². The SMILES string of the molecule is NC(=O)c1ccc2nn(CCN3CCOCC3)cc2c1. The number of carbonyl (C=O) groups is 1. The monoisotopic (exact) mass is 274 g/mol. The second-order valence-corrected chi connectivity index (χ2v) is 4.98. The number of nitrogens with zero attached hydrogens (tertiary/aromatic N) is 3. The molecule has 1 fully saturated rings. The first-order valence-electron chi connectivity index (χ1n) is 6.79. The number of amides is 1. The van der Waals surface area contributed by atoms with E-state index < -0.39 is 5.91 Å². The van der Waals surface area contributed by atoms with Gasteiger partial charge in [0.25, 0.3) is 0 Å². The number of primary amides is 1. The van der Waals surface area contributed by atoms with Gasteiger partial charge >= 0.3 is 0 Å². The summed E-state index contributed by atoms with van der Waals surface area (Å²) < 4.78 is 7.25. The lowest BCUT2D eigenvalue weighted by Crippen LogP contribution is -2.38. The minimum atomic E-state index is -0.409. The van der Waals surface area contributed by atoms with Gasteiger partial charge in [0.05, 0.1) is 25.3 Å². The van der Waals surface area contributed by atoms with Gasteiger partial charge in [-0.05, 0) is 18.2 Å². The smallest absolute Gasteiger partial charge is 0.248 e. The van der Waals surface area contributed by atoms with Gasteiger partial charge < -0.3 is 10.5 Å². The molecule has 2 N–H and O–H groups in total. The molecular formula is C14H18N4O2. The Hall–Kier alpha value is -1.92. The number of nitrogens with two attached hydrogens (primary N) is 1. The summed E-state index contributed by atoms with van der Waals surface area (Å²) in [5, 5.41) is 5.45. The first-order chi connectivity index (χ1) is 9.72. The van der Waals surface area contributed by atoms with E-state index >= 15 is 0 Å². The van der Waals surface area contributed by atoms with Crippen molar-refractivity contribution in [1.82, 2.24) is 14.7 Å². The lowest BCUT2D eigenvalue weighted by Gasteiger charge is -2.26. The van der Waals surface area contributed by atoms with Gasteiger partial charge in [-0.3, -0.25) is 14.4 Å². The van der Waals surface area contributed by atoms with Crippen molar-refractivity contribution in [1.29, 1.82) is 0 Å². The molecule has 20 heavy (non-hydrogen) atoms. The van der Waals surface area contributed by atoms with Gasteiger partial charge in [0.1, 0.15) is 0 Å². The van der Waals surface area contributed by atoms with Crippen LogP contribution in [-0.4, -0.2) is 53.4 Å². The largest absolute Gasteiger partial charge is 0.379 e. The second-order valence-electron chi connectivity index (χ2n) is 4.98. The lowest BCUT2D eigenvalue weighted by molar-refractivity contribution is 0.0360. The molecule has 1 aliphatic heterocycles. The Balaban J connectivity index is 1.70. The Morgan fingerprint density at radius 3 is 2.85 bits per heavy atom. The van der Waals surface area contributed by atoms with Gasteiger partial charge in [-0.2, -0.15) is 5.10 Å². The minimum Gasteiger partial charge on any atom is -0.379 e. The van der Waals surface area contributed by atoms with Gasteiger partial charge in [-0.15, -0.1) is 0 Å². The number of benzene rings is 1. The minimum absolute atomic E-state index is 0.409. The van der Waals surface area contributed by atoms with Gasteiger partial charge in [0.15, 0.2) is 0 Å². The van der Waals surface area contributed by atoms with E-state index in [1.807, 2.05) is 16.9 Å². The third-order valence-electron chi connectivity index (χ3n) is 3.59. The van der Waals surface area contributed by atoms with Crippen molar-refractivity contribution in [3.63, 3.8) is 0 Å². The predicted molar refractivity (Wildman–Crippen MR) is 75.5 cm³/mol. The highest BCUT2D eigenvalue weighted by molar-refractivity contribution is 5.96. The van der Waals surface area contributed by atoms with Crippen LogP contribution in [0.25, 0.3) is 10.9 Å². The van der Waals surface area contributed by atoms with Crippen molar-refractivity contribution >= 4 is 16.8 Å². The molecule has 0 radical (unpaired) electrons. The highest BCUT2D eigenvalue weighted by atomic mass is 16.5. The third-order valence-corrected chi connectivity index (χ3v) is 3.59. The molecule has 2 aromatic rings. The third kappa shape index (κ3) is 2.81. The van der Waals surface area contributed by atoms with Gasteiger partial charge in [-0.25, -0.2) is 0 Å². The number of fused-ring (bicyclic) bond motifs is 1. The molecule has 2 heterocycles. The van der Waals surface area contributed by atoms with Crippen LogP contribution in [-0.2, 0) is 11.3 Å². The number of hydrogen-bond acceptors (Lipinski definition) is 4. The molecule has 1 amide bonds. The van der Waals surface area contributed by atoms with E-state index in [-0.39, 0.29) is 0 Å². The van der Waals surface area contributed by atoms with E-state index in [4.69, 9.17) is 10.5 Å². The number of aromatic nitrogens is 2. The summed E-state index contributed by atoms with van der Waals surface area (Å²) >= 11 is 0. The van der Waals surface area contributed by atoms with Crippen LogP contribution in [0.3, 0.4) is 0 Å². The molecule has 1 aliphatic rings. The summed E-state index contributed by atoms with van der Waals surface area (Å²) in [5.74, 6) is -0.409. The number of rotatable bonds is 4. The van der Waals surface area contributed by atoms with Crippen molar-refractivity contribution in [3.8, 4) is 0 Å². The average Bonchev–Trinajstić information content (AvgIpc) is 2.88. The summed E-state index contributed by atoms with van der Waals surface area (Å²) in [7, 11) is 0. The maximum Gasteiger partial charge on any atom is 0.248 e. The molecule has 1 saturated heterocycles. The van der Waals surface area contributed by atoms with Gasteiger partial charge in [0.2, 0.25) is 5.91 Å². The number of morpholine rings is 1. The molecule has 6 nitrogen and oxygen atoms in total. The van der Waals surface area contributed by atoms with Crippen LogP contribution in [0.2, 0.25) is 0 Å². The lowest BCUT2D eigenvalue weighted by atomic mass is 10.1. The molecule has 0 saturated carbocycles. The maximum atomic E-state index is 11.2. The Morgan fingerprint density at radius 1 is 1.30 bits per heavy atom. The quantitative estimate of drug-likeness (QED) is 0.879. The number of ether oxygens (including phenoxy) is 1. The number of carbonyl (C=O) groups excluding carboxylic acids is 1. The van der Waals surface area contributed by atoms with Crippen LogP contribution in [0.4, 0.5) is 0 Å². The van der Waals surface area contributed by atoms with Crippen LogP contribution in [0, 0.1) is 0 Å². The van der Waals surface area contributed by atoms with Crippen LogP contribution in [0.1, 0.15) is 10.4 Å². The van der Waals surface area contributed by atoms with Crippen LogP contribution in [0.15, 0.2) is 24.4 Å². The first kappa shape index (κ1) is 13.1. The zero-order valence-corrected chi connectivity index (χ0v) is 11.3. The van der Waals surface area contributed by atoms with Crippen molar-refractivity contribution in [3.05, 3.63) is 30.0 Å². The molecule has 0 spiro atoms. The summed E-state index contributed by atoms with van der Waals surface area (Å²) in [6.45, 7) is 5.37. The maximum absolute atomic E-state index is 11.2. The van der Waals surface area contributed by atoms with Crippen LogP contribution in [0.5, 0.6) is 0 Å². The average molecular weight is 274 g/mol.